The number of hydrogen-bond acceptors (Lipinski definition) is 4. The second kappa shape index (κ2) is 5.91. The quantitative estimate of drug-likeness (QED) is 0.480. The van der Waals surface area contributed by atoms with Gasteiger partial charge in [-0.2, -0.15) is 0 Å². The van der Waals surface area contributed by atoms with Gasteiger partial charge >= 0.3 is 0 Å². The van der Waals surface area contributed by atoms with Crippen LogP contribution in [-0.4, -0.2) is 42.6 Å². The van der Waals surface area contributed by atoms with Gasteiger partial charge in [-0.05, 0) is 18.4 Å². The van der Waals surface area contributed by atoms with Crippen LogP contribution < -0.4 is 11.3 Å². The molecule has 3 N–H and O–H groups in total. The molecule has 0 spiro atoms. The Morgan fingerprint density at radius 2 is 1.95 bits per heavy atom. The Bertz CT molecular complexity index is 453. The summed E-state index contributed by atoms with van der Waals surface area (Å²) >= 11 is 0. The highest BCUT2D eigenvalue weighted by atomic mass is 16.5. The predicted molar refractivity (Wildman–Crippen MR) is 75.8 cm³/mol. The molecular formula is C15H21N3O2. The zero-order chi connectivity index (χ0) is 13.9. The number of carbonyl (C=O) groups is 1. The smallest absolute Gasteiger partial charge is 0.242 e. The summed E-state index contributed by atoms with van der Waals surface area (Å²) in [6.45, 7) is 2.53. The molecule has 2 aliphatic heterocycles. The van der Waals surface area contributed by atoms with Gasteiger partial charge in [0, 0.05) is 19.6 Å². The van der Waals surface area contributed by atoms with Gasteiger partial charge < -0.3 is 4.74 Å². The number of fused-ring (bicyclic) bond motifs is 2. The largest absolute Gasteiger partial charge is 0.372 e. The first-order chi connectivity index (χ1) is 9.76. The molecule has 0 aromatic heterocycles. The maximum absolute atomic E-state index is 12.1. The molecule has 3 rings (SSSR count). The van der Waals surface area contributed by atoms with E-state index in [0.29, 0.717) is 18.8 Å². The lowest BCUT2D eigenvalue weighted by molar-refractivity contribution is -0.123. The first-order valence-electron chi connectivity index (χ1n) is 7.19. The molecule has 3 atom stereocenters. The molecule has 20 heavy (non-hydrogen) atoms. The molecular weight excluding hydrogens is 254 g/mol. The Hall–Kier alpha value is -1.43. The Balaban J connectivity index is 1.72. The normalized spacial score (nSPS) is 27.2. The lowest BCUT2D eigenvalue weighted by atomic mass is 9.97. The molecule has 5 heteroatoms. The van der Waals surface area contributed by atoms with E-state index in [-0.39, 0.29) is 11.8 Å². The summed E-state index contributed by atoms with van der Waals surface area (Å²) in [6.07, 6.45) is 2.96. The zero-order valence-corrected chi connectivity index (χ0v) is 11.5. The minimum atomic E-state index is -0.223. The van der Waals surface area contributed by atoms with Crippen LogP contribution in [0, 0.1) is 0 Å². The van der Waals surface area contributed by atoms with Gasteiger partial charge in [0.1, 0.15) is 0 Å². The van der Waals surface area contributed by atoms with E-state index < -0.39 is 0 Å². The van der Waals surface area contributed by atoms with E-state index in [0.717, 1.165) is 31.5 Å². The molecule has 2 saturated heterocycles. The molecule has 2 bridgehead atoms. The van der Waals surface area contributed by atoms with Crippen molar-refractivity contribution in [1.29, 1.82) is 0 Å². The Morgan fingerprint density at radius 1 is 1.30 bits per heavy atom. The molecule has 1 aromatic carbocycles. The summed E-state index contributed by atoms with van der Waals surface area (Å²) in [4.78, 5) is 14.4. The summed E-state index contributed by atoms with van der Waals surface area (Å²) in [7, 11) is 0. The van der Waals surface area contributed by atoms with Gasteiger partial charge in [-0.25, -0.2) is 5.84 Å². The molecule has 2 aliphatic rings. The Kier molecular flexibility index (Phi) is 4.00. The van der Waals surface area contributed by atoms with Gasteiger partial charge in [-0.15, -0.1) is 0 Å². The van der Waals surface area contributed by atoms with Gasteiger partial charge in [-0.1, -0.05) is 30.3 Å². The van der Waals surface area contributed by atoms with Crippen LogP contribution in [0.1, 0.15) is 24.3 Å². The number of nitrogens with two attached hydrogens (primary N) is 1. The summed E-state index contributed by atoms with van der Waals surface area (Å²) in [5.74, 6) is 4.99. The van der Waals surface area contributed by atoms with Gasteiger partial charge in [0.2, 0.25) is 5.91 Å². The number of ether oxygens (including phenoxy) is 1. The number of nitrogens with one attached hydrogen (secondary N) is 1. The van der Waals surface area contributed by atoms with E-state index >= 15 is 0 Å². The summed E-state index contributed by atoms with van der Waals surface area (Å²) in [5, 5.41) is 0. The lowest BCUT2D eigenvalue weighted by Gasteiger charge is -2.34. The van der Waals surface area contributed by atoms with Crippen LogP contribution in [0.2, 0.25) is 0 Å². The number of morpholine rings is 1. The summed E-state index contributed by atoms with van der Waals surface area (Å²) in [6, 6.07) is 9.82. The fraction of sp³-hybridized carbons (Fsp3) is 0.533. The fourth-order valence-electron chi connectivity index (χ4n) is 3.23. The van der Waals surface area contributed by atoms with Crippen LogP contribution in [0.4, 0.5) is 0 Å². The van der Waals surface area contributed by atoms with E-state index in [1.807, 2.05) is 30.3 Å². The van der Waals surface area contributed by atoms with Crippen LogP contribution in [0.15, 0.2) is 30.3 Å². The third-order valence-electron chi connectivity index (χ3n) is 4.22. The number of hydrogen-bond donors (Lipinski definition) is 2. The van der Waals surface area contributed by atoms with E-state index in [4.69, 9.17) is 10.6 Å². The summed E-state index contributed by atoms with van der Waals surface area (Å²) in [5.41, 5.74) is 3.30. The first kappa shape index (κ1) is 13.5. The average molecular weight is 275 g/mol. The molecule has 1 amide bonds. The number of likely N-dealkylation sites (tertiary alicyclic amines) is 1. The molecule has 2 fully saturated rings. The number of benzene rings is 1. The third kappa shape index (κ3) is 2.85. The molecule has 0 radical (unpaired) electrons. The Labute approximate surface area is 119 Å². The molecule has 5 nitrogen and oxygen atoms in total. The van der Waals surface area contributed by atoms with Crippen LogP contribution in [0.25, 0.3) is 0 Å². The number of carbonyl (C=O) groups excluding carboxylic acids is 1. The predicted octanol–water partition coefficient (Wildman–Crippen LogP) is 0.623. The number of hydrazine groups is 1. The fourth-order valence-corrected chi connectivity index (χ4v) is 3.23. The summed E-state index contributed by atoms with van der Waals surface area (Å²) < 4.78 is 5.83. The first-order valence-corrected chi connectivity index (χ1v) is 7.19. The third-order valence-corrected chi connectivity index (χ3v) is 4.22. The van der Waals surface area contributed by atoms with E-state index in [2.05, 4.69) is 10.3 Å². The molecule has 0 aliphatic carbocycles. The highest BCUT2D eigenvalue weighted by Crippen LogP contribution is 2.28. The van der Waals surface area contributed by atoms with E-state index in [9.17, 15) is 4.79 Å². The maximum atomic E-state index is 12.1. The molecule has 1 aromatic rings. The Morgan fingerprint density at radius 3 is 2.55 bits per heavy atom. The van der Waals surface area contributed by atoms with Gasteiger partial charge in [0.25, 0.3) is 0 Å². The number of amides is 1. The van der Waals surface area contributed by atoms with Gasteiger partial charge in [0.05, 0.1) is 18.1 Å². The van der Waals surface area contributed by atoms with Crippen molar-refractivity contribution in [2.75, 3.05) is 19.6 Å². The minimum absolute atomic E-state index is 0.130. The van der Waals surface area contributed by atoms with Crippen molar-refractivity contribution in [3.63, 3.8) is 0 Å². The minimum Gasteiger partial charge on any atom is -0.372 e. The van der Waals surface area contributed by atoms with Crippen LogP contribution >= 0.6 is 0 Å². The van der Waals surface area contributed by atoms with Gasteiger partial charge in [-0.3, -0.25) is 15.1 Å². The topological polar surface area (TPSA) is 67.6 Å². The molecule has 2 heterocycles. The highest BCUT2D eigenvalue weighted by Gasteiger charge is 2.35. The van der Waals surface area contributed by atoms with Crippen LogP contribution in [-0.2, 0) is 9.53 Å². The monoisotopic (exact) mass is 275 g/mol. The SMILES string of the molecule is NNC(=O)C(CN1CC2CCC(C1)O2)c1ccccc1. The van der Waals surface area contributed by atoms with Gasteiger partial charge in [0.15, 0.2) is 0 Å². The van der Waals surface area contributed by atoms with Crippen LogP contribution in [0.3, 0.4) is 0 Å². The van der Waals surface area contributed by atoms with E-state index in [1.54, 1.807) is 0 Å². The average Bonchev–Trinajstić information content (AvgIpc) is 2.84. The van der Waals surface area contributed by atoms with Crippen LogP contribution in [0.5, 0.6) is 0 Å². The standard InChI is InChI=1S/C15H21N3O2/c16-17-15(19)14(11-4-2-1-3-5-11)10-18-8-12-6-7-13(9-18)20-12/h1-5,12-14H,6-10,16H2,(H,17,19). The van der Waals surface area contributed by atoms with Crippen molar-refractivity contribution in [3.05, 3.63) is 35.9 Å². The van der Waals surface area contributed by atoms with Crippen molar-refractivity contribution in [2.24, 2.45) is 5.84 Å². The molecule has 108 valence electrons. The number of nitrogens with zero attached hydrogens (tertiary/aromatic N) is 1. The van der Waals surface area contributed by atoms with Crippen molar-refractivity contribution < 1.29 is 9.53 Å². The van der Waals surface area contributed by atoms with Crippen molar-refractivity contribution in [2.45, 2.75) is 31.0 Å². The second-order valence-electron chi connectivity index (χ2n) is 5.65. The number of rotatable bonds is 4. The second-order valence-corrected chi connectivity index (χ2v) is 5.65. The molecule has 3 unspecified atom stereocenters. The zero-order valence-electron chi connectivity index (χ0n) is 11.5. The molecule has 0 saturated carbocycles. The maximum Gasteiger partial charge on any atom is 0.242 e. The van der Waals surface area contributed by atoms with Crippen molar-refractivity contribution in [1.82, 2.24) is 10.3 Å². The van der Waals surface area contributed by atoms with Crippen molar-refractivity contribution in [3.8, 4) is 0 Å². The van der Waals surface area contributed by atoms with E-state index in [1.165, 1.54) is 0 Å². The lowest BCUT2D eigenvalue weighted by Crippen LogP contribution is -2.47. The highest BCUT2D eigenvalue weighted by molar-refractivity contribution is 5.83. The van der Waals surface area contributed by atoms with Crippen molar-refractivity contribution >= 4 is 5.91 Å².